The number of aliphatic hydroxyl groups is 1. The highest BCUT2D eigenvalue weighted by Crippen LogP contribution is 2.42. The highest BCUT2D eigenvalue weighted by atomic mass is 16.3. The van der Waals surface area contributed by atoms with Gasteiger partial charge in [0.2, 0.25) is 0 Å². The molecule has 3 heterocycles. The molecule has 0 fully saturated rings. The molecule has 1 aliphatic rings. The van der Waals surface area contributed by atoms with Crippen molar-refractivity contribution in [1.82, 2.24) is 15.0 Å². The Kier molecular flexibility index (Phi) is 3.18. The Morgan fingerprint density at radius 3 is 2.78 bits per heavy atom. The first-order chi connectivity index (χ1) is 13.0. The Labute approximate surface area is 155 Å². The van der Waals surface area contributed by atoms with Gasteiger partial charge in [0.15, 0.2) is 5.76 Å². The number of aliphatic hydroxyl groups excluding tert-OH is 1. The molecule has 5 rings (SSSR count). The van der Waals surface area contributed by atoms with E-state index in [9.17, 15) is 9.90 Å². The Morgan fingerprint density at radius 1 is 1.07 bits per heavy atom. The van der Waals surface area contributed by atoms with E-state index in [2.05, 4.69) is 33.2 Å². The third-order valence-electron chi connectivity index (χ3n) is 5.31. The van der Waals surface area contributed by atoms with Gasteiger partial charge < -0.3 is 15.1 Å². The number of aryl methyl sites for hydroxylation is 1. The SMILES string of the molecule is CC1=C(O)C(=O)N(c2ccc3[nH]cnc3c2)C1c1c[nH]c2cc(C)ccc12. The minimum absolute atomic E-state index is 0.191. The Morgan fingerprint density at radius 2 is 1.93 bits per heavy atom. The van der Waals surface area contributed by atoms with E-state index in [1.165, 1.54) is 0 Å². The van der Waals surface area contributed by atoms with Crippen LogP contribution in [-0.2, 0) is 4.79 Å². The first-order valence-corrected chi connectivity index (χ1v) is 8.78. The lowest BCUT2D eigenvalue weighted by molar-refractivity contribution is -0.117. The van der Waals surface area contributed by atoms with Gasteiger partial charge >= 0.3 is 0 Å². The predicted octanol–water partition coefficient (Wildman–Crippen LogP) is 4.27. The number of aromatic amines is 2. The number of aromatic nitrogens is 3. The van der Waals surface area contributed by atoms with Gasteiger partial charge in [-0.1, -0.05) is 12.1 Å². The zero-order chi connectivity index (χ0) is 18.7. The van der Waals surface area contributed by atoms with Gasteiger partial charge in [-0.05, 0) is 43.7 Å². The van der Waals surface area contributed by atoms with Gasteiger partial charge in [0.05, 0.1) is 23.4 Å². The number of rotatable bonds is 2. The van der Waals surface area contributed by atoms with Gasteiger partial charge in [0.25, 0.3) is 5.91 Å². The number of nitrogens with zero attached hydrogens (tertiary/aromatic N) is 2. The first kappa shape index (κ1) is 15.7. The third kappa shape index (κ3) is 2.19. The number of H-pyrrole nitrogens is 2. The summed E-state index contributed by atoms with van der Waals surface area (Å²) < 4.78 is 0. The Balaban J connectivity index is 1.70. The number of benzene rings is 2. The van der Waals surface area contributed by atoms with Crippen molar-refractivity contribution < 1.29 is 9.90 Å². The molecule has 1 unspecified atom stereocenters. The van der Waals surface area contributed by atoms with Crippen LogP contribution in [0.3, 0.4) is 0 Å². The summed E-state index contributed by atoms with van der Waals surface area (Å²) in [4.78, 5) is 25.1. The monoisotopic (exact) mass is 358 g/mol. The highest BCUT2D eigenvalue weighted by molar-refractivity contribution is 6.09. The fraction of sp³-hybridized carbons (Fsp3) is 0.143. The summed E-state index contributed by atoms with van der Waals surface area (Å²) in [5.41, 5.74) is 6.16. The maximum atomic E-state index is 12.9. The molecule has 27 heavy (non-hydrogen) atoms. The van der Waals surface area contributed by atoms with Crippen molar-refractivity contribution in [3.63, 3.8) is 0 Å². The van der Waals surface area contributed by atoms with Gasteiger partial charge in [-0.25, -0.2) is 4.98 Å². The van der Waals surface area contributed by atoms with Crippen LogP contribution >= 0.6 is 0 Å². The normalized spacial score (nSPS) is 17.6. The van der Waals surface area contributed by atoms with E-state index in [1.54, 1.807) is 18.2 Å². The summed E-state index contributed by atoms with van der Waals surface area (Å²) in [6.45, 7) is 3.85. The molecule has 4 aromatic rings. The molecule has 0 saturated carbocycles. The summed E-state index contributed by atoms with van der Waals surface area (Å²) in [5.74, 6) is -0.586. The molecule has 0 aliphatic carbocycles. The molecule has 0 spiro atoms. The summed E-state index contributed by atoms with van der Waals surface area (Å²) in [6, 6.07) is 11.4. The van der Waals surface area contributed by atoms with Gasteiger partial charge in [-0.2, -0.15) is 0 Å². The quantitative estimate of drug-likeness (QED) is 0.500. The third-order valence-corrected chi connectivity index (χ3v) is 5.31. The van der Waals surface area contributed by atoms with E-state index in [4.69, 9.17) is 0 Å². The Hall–Kier alpha value is -3.54. The largest absolute Gasteiger partial charge is 0.503 e. The molecule has 0 radical (unpaired) electrons. The summed E-state index contributed by atoms with van der Waals surface area (Å²) in [5, 5.41) is 11.5. The maximum absolute atomic E-state index is 12.9. The highest BCUT2D eigenvalue weighted by Gasteiger charge is 2.40. The van der Waals surface area contributed by atoms with Crippen molar-refractivity contribution in [1.29, 1.82) is 0 Å². The standard InChI is InChI=1S/C21H18N4O2/c1-11-3-5-14-15(9-22-17(14)7-11)19-12(2)20(26)21(27)25(19)13-4-6-16-18(8-13)24-10-23-16/h3-10,19,22,26H,1-2H3,(H,23,24). The molecule has 1 atom stereocenters. The van der Waals surface area contributed by atoms with Gasteiger partial charge in [0.1, 0.15) is 0 Å². The Bertz CT molecular complexity index is 1250. The average molecular weight is 358 g/mol. The second kappa shape index (κ2) is 5.48. The van der Waals surface area contributed by atoms with Crippen LogP contribution in [0, 0.1) is 6.92 Å². The molecule has 2 aromatic carbocycles. The van der Waals surface area contributed by atoms with Crippen LogP contribution in [0.1, 0.15) is 24.1 Å². The lowest BCUT2D eigenvalue weighted by Crippen LogP contribution is -2.30. The van der Waals surface area contributed by atoms with Crippen LogP contribution < -0.4 is 4.90 Å². The number of carbonyl (C=O) groups excluding carboxylic acids is 1. The van der Waals surface area contributed by atoms with E-state index < -0.39 is 5.91 Å². The number of amides is 1. The number of hydrogen-bond acceptors (Lipinski definition) is 3. The van der Waals surface area contributed by atoms with Crippen molar-refractivity contribution in [3.05, 3.63) is 71.4 Å². The molecule has 0 saturated heterocycles. The topological polar surface area (TPSA) is 85.0 Å². The van der Waals surface area contributed by atoms with Gasteiger partial charge in [-0.15, -0.1) is 0 Å². The number of imidazole rings is 1. The van der Waals surface area contributed by atoms with Crippen LogP contribution in [0.5, 0.6) is 0 Å². The zero-order valence-electron chi connectivity index (χ0n) is 14.9. The van der Waals surface area contributed by atoms with Crippen molar-refractivity contribution in [2.45, 2.75) is 19.9 Å². The second-order valence-corrected chi connectivity index (χ2v) is 7.01. The molecule has 2 aromatic heterocycles. The van der Waals surface area contributed by atoms with Crippen molar-refractivity contribution in [3.8, 4) is 0 Å². The molecule has 6 heteroatoms. The van der Waals surface area contributed by atoms with Crippen molar-refractivity contribution >= 4 is 33.5 Å². The molecular weight excluding hydrogens is 340 g/mol. The van der Waals surface area contributed by atoms with Crippen molar-refractivity contribution in [2.75, 3.05) is 4.90 Å². The molecule has 6 nitrogen and oxygen atoms in total. The molecule has 3 N–H and O–H groups in total. The summed E-state index contributed by atoms with van der Waals surface area (Å²) >= 11 is 0. The van der Waals surface area contributed by atoms with Crippen LogP contribution in [0.15, 0.2) is 60.3 Å². The lowest BCUT2D eigenvalue weighted by Gasteiger charge is -2.26. The first-order valence-electron chi connectivity index (χ1n) is 8.78. The van der Waals surface area contributed by atoms with Crippen LogP contribution in [0.4, 0.5) is 5.69 Å². The van der Waals surface area contributed by atoms with Crippen LogP contribution in [0.25, 0.3) is 21.9 Å². The minimum Gasteiger partial charge on any atom is -0.503 e. The molecule has 1 amide bonds. The summed E-state index contributed by atoms with van der Waals surface area (Å²) in [6.07, 6.45) is 3.55. The van der Waals surface area contributed by atoms with Crippen LogP contribution in [-0.4, -0.2) is 26.0 Å². The van der Waals surface area contributed by atoms with Gasteiger partial charge in [-0.3, -0.25) is 9.69 Å². The maximum Gasteiger partial charge on any atom is 0.293 e. The summed E-state index contributed by atoms with van der Waals surface area (Å²) in [7, 11) is 0. The van der Waals surface area contributed by atoms with Crippen LogP contribution in [0.2, 0.25) is 0 Å². The number of fused-ring (bicyclic) bond motifs is 2. The predicted molar refractivity (Wildman–Crippen MR) is 105 cm³/mol. The zero-order valence-corrected chi connectivity index (χ0v) is 14.9. The number of carbonyl (C=O) groups is 1. The fourth-order valence-corrected chi connectivity index (χ4v) is 3.92. The lowest BCUT2D eigenvalue weighted by atomic mass is 9.99. The van der Waals surface area contributed by atoms with E-state index >= 15 is 0 Å². The smallest absolute Gasteiger partial charge is 0.293 e. The molecule has 1 aliphatic heterocycles. The minimum atomic E-state index is -0.395. The molecule has 0 bridgehead atoms. The van der Waals surface area contributed by atoms with E-state index in [0.717, 1.165) is 33.1 Å². The number of hydrogen-bond donors (Lipinski definition) is 3. The second-order valence-electron chi connectivity index (χ2n) is 7.01. The number of anilines is 1. The number of nitrogens with one attached hydrogen (secondary N) is 2. The molecule has 134 valence electrons. The van der Waals surface area contributed by atoms with Crippen molar-refractivity contribution in [2.24, 2.45) is 0 Å². The van der Waals surface area contributed by atoms with E-state index in [1.807, 2.05) is 31.3 Å². The average Bonchev–Trinajstić information content (AvgIpc) is 3.34. The van der Waals surface area contributed by atoms with E-state index in [0.29, 0.717) is 11.3 Å². The van der Waals surface area contributed by atoms with Gasteiger partial charge in [0, 0.05) is 33.9 Å². The fourth-order valence-electron chi connectivity index (χ4n) is 3.92. The van der Waals surface area contributed by atoms with E-state index in [-0.39, 0.29) is 11.8 Å². The molecular formula is C21H18N4O2.